The van der Waals surface area contributed by atoms with Crippen LogP contribution in [0, 0.1) is 11.8 Å². The van der Waals surface area contributed by atoms with Crippen molar-refractivity contribution in [3.05, 3.63) is 0 Å². The standard InChI is InChI=1S/C13H23N/c1-2-6-12-10(4-1)5-3-7-13(12)14-11-8-9-11/h10-14H,1-9H2. The number of hydrogen-bond donors (Lipinski definition) is 1. The molecule has 3 rings (SSSR count). The van der Waals surface area contributed by atoms with E-state index in [-0.39, 0.29) is 0 Å². The average Bonchev–Trinajstić information content (AvgIpc) is 3.03. The quantitative estimate of drug-likeness (QED) is 0.710. The molecule has 0 aromatic rings. The molecule has 0 radical (unpaired) electrons. The maximum atomic E-state index is 3.89. The van der Waals surface area contributed by atoms with Gasteiger partial charge in [-0.1, -0.05) is 32.1 Å². The van der Waals surface area contributed by atoms with Crippen molar-refractivity contribution in [1.29, 1.82) is 0 Å². The van der Waals surface area contributed by atoms with Gasteiger partial charge in [0.05, 0.1) is 0 Å². The third-order valence-electron chi connectivity index (χ3n) is 4.60. The molecule has 0 amide bonds. The zero-order valence-electron chi connectivity index (χ0n) is 9.17. The van der Waals surface area contributed by atoms with Crippen LogP contribution >= 0.6 is 0 Å². The van der Waals surface area contributed by atoms with Gasteiger partial charge in [0, 0.05) is 12.1 Å². The lowest BCUT2D eigenvalue weighted by molar-refractivity contribution is 0.125. The van der Waals surface area contributed by atoms with Gasteiger partial charge in [-0.3, -0.25) is 0 Å². The molecule has 3 saturated carbocycles. The Kier molecular flexibility index (Phi) is 2.53. The van der Waals surface area contributed by atoms with Crippen LogP contribution in [-0.2, 0) is 0 Å². The number of hydrogen-bond acceptors (Lipinski definition) is 1. The van der Waals surface area contributed by atoms with E-state index in [0.29, 0.717) is 0 Å². The van der Waals surface area contributed by atoms with Crippen molar-refractivity contribution < 1.29 is 0 Å². The smallest absolute Gasteiger partial charge is 0.0101 e. The van der Waals surface area contributed by atoms with Gasteiger partial charge in [-0.25, -0.2) is 0 Å². The molecule has 0 spiro atoms. The Morgan fingerprint density at radius 2 is 1.50 bits per heavy atom. The Labute approximate surface area is 87.7 Å². The highest BCUT2D eigenvalue weighted by molar-refractivity contribution is 4.93. The number of nitrogens with one attached hydrogen (secondary N) is 1. The van der Waals surface area contributed by atoms with Crippen molar-refractivity contribution in [2.45, 2.75) is 69.9 Å². The topological polar surface area (TPSA) is 12.0 Å². The van der Waals surface area contributed by atoms with Crippen molar-refractivity contribution in [2.24, 2.45) is 11.8 Å². The van der Waals surface area contributed by atoms with Gasteiger partial charge in [0.15, 0.2) is 0 Å². The molecule has 3 aliphatic carbocycles. The second-order valence-electron chi connectivity index (χ2n) is 5.69. The van der Waals surface area contributed by atoms with E-state index < -0.39 is 0 Å². The minimum absolute atomic E-state index is 0.904. The van der Waals surface area contributed by atoms with Gasteiger partial charge in [0.1, 0.15) is 0 Å². The van der Waals surface area contributed by atoms with Crippen molar-refractivity contribution in [3.8, 4) is 0 Å². The van der Waals surface area contributed by atoms with E-state index in [4.69, 9.17) is 0 Å². The summed E-state index contributed by atoms with van der Waals surface area (Å²) < 4.78 is 0. The Hall–Kier alpha value is -0.0400. The van der Waals surface area contributed by atoms with Crippen LogP contribution in [0.15, 0.2) is 0 Å². The first-order chi connectivity index (χ1) is 6.93. The van der Waals surface area contributed by atoms with E-state index in [0.717, 1.165) is 23.9 Å². The summed E-state index contributed by atoms with van der Waals surface area (Å²) in [6, 6.07) is 1.82. The summed E-state index contributed by atoms with van der Waals surface area (Å²) in [5, 5.41) is 3.89. The van der Waals surface area contributed by atoms with E-state index in [1.54, 1.807) is 0 Å². The highest BCUT2D eigenvalue weighted by Gasteiger charge is 2.37. The Morgan fingerprint density at radius 1 is 0.714 bits per heavy atom. The van der Waals surface area contributed by atoms with Gasteiger partial charge >= 0.3 is 0 Å². The molecular formula is C13H23N. The molecule has 14 heavy (non-hydrogen) atoms. The molecule has 0 bridgehead atoms. The van der Waals surface area contributed by atoms with Gasteiger partial charge in [0.2, 0.25) is 0 Å². The molecule has 3 unspecified atom stereocenters. The molecule has 0 saturated heterocycles. The van der Waals surface area contributed by atoms with Crippen LogP contribution < -0.4 is 5.32 Å². The van der Waals surface area contributed by atoms with Crippen molar-refractivity contribution in [3.63, 3.8) is 0 Å². The fourth-order valence-electron chi connectivity index (χ4n) is 3.70. The minimum atomic E-state index is 0.904. The highest BCUT2D eigenvalue weighted by Crippen LogP contribution is 2.41. The SMILES string of the molecule is C1CCC2C(C1)CCCC2NC1CC1. The second-order valence-corrected chi connectivity index (χ2v) is 5.69. The van der Waals surface area contributed by atoms with E-state index >= 15 is 0 Å². The maximum Gasteiger partial charge on any atom is 0.0101 e. The summed E-state index contributed by atoms with van der Waals surface area (Å²) in [4.78, 5) is 0. The summed E-state index contributed by atoms with van der Waals surface area (Å²) in [5.74, 6) is 2.15. The van der Waals surface area contributed by atoms with E-state index in [9.17, 15) is 0 Å². The summed E-state index contributed by atoms with van der Waals surface area (Å²) in [6.07, 6.45) is 13.5. The van der Waals surface area contributed by atoms with E-state index in [2.05, 4.69) is 5.32 Å². The third kappa shape index (κ3) is 1.84. The molecule has 3 fully saturated rings. The molecule has 1 N–H and O–H groups in total. The molecule has 3 atom stereocenters. The molecule has 0 heterocycles. The predicted molar refractivity (Wildman–Crippen MR) is 59.2 cm³/mol. The predicted octanol–water partition coefficient (Wildman–Crippen LogP) is 3.10. The molecule has 0 aromatic heterocycles. The summed E-state index contributed by atoms with van der Waals surface area (Å²) in [7, 11) is 0. The Bertz CT molecular complexity index is 195. The van der Waals surface area contributed by atoms with Crippen LogP contribution in [0.1, 0.15) is 57.8 Å². The lowest BCUT2D eigenvalue weighted by Crippen LogP contribution is -2.44. The average molecular weight is 193 g/mol. The van der Waals surface area contributed by atoms with Crippen molar-refractivity contribution in [1.82, 2.24) is 5.32 Å². The van der Waals surface area contributed by atoms with Crippen molar-refractivity contribution >= 4 is 0 Å². The van der Waals surface area contributed by atoms with Crippen LogP contribution in [0.2, 0.25) is 0 Å². The monoisotopic (exact) mass is 193 g/mol. The van der Waals surface area contributed by atoms with Gasteiger partial charge in [-0.2, -0.15) is 0 Å². The Morgan fingerprint density at radius 3 is 2.36 bits per heavy atom. The van der Waals surface area contributed by atoms with Crippen LogP contribution in [-0.4, -0.2) is 12.1 Å². The lowest BCUT2D eigenvalue weighted by Gasteiger charge is -2.42. The fraction of sp³-hybridized carbons (Fsp3) is 1.00. The maximum absolute atomic E-state index is 3.89. The first kappa shape index (κ1) is 9.21. The highest BCUT2D eigenvalue weighted by atomic mass is 15.0. The van der Waals surface area contributed by atoms with E-state index in [1.165, 1.54) is 57.8 Å². The third-order valence-corrected chi connectivity index (χ3v) is 4.60. The molecule has 0 aliphatic heterocycles. The normalized spacial score (nSPS) is 43.3. The molecule has 3 aliphatic rings. The van der Waals surface area contributed by atoms with Crippen molar-refractivity contribution in [2.75, 3.05) is 0 Å². The zero-order valence-corrected chi connectivity index (χ0v) is 9.17. The van der Waals surface area contributed by atoms with Gasteiger partial charge in [-0.15, -0.1) is 0 Å². The fourth-order valence-corrected chi connectivity index (χ4v) is 3.70. The summed E-state index contributed by atoms with van der Waals surface area (Å²) in [5.41, 5.74) is 0. The lowest BCUT2D eigenvalue weighted by atomic mass is 9.68. The minimum Gasteiger partial charge on any atom is -0.311 e. The van der Waals surface area contributed by atoms with Crippen LogP contribution in [0.5, 0.6) is 0 Å². The molecule has 1 nitrogen and oxygen atoms in total. The number of rotatable bonds is 2. The largest absolute Gasteiger partial charge is 0.311 e. The zero-order chi connectivity index (χ0) is 9.38. The number of fused-ring (bicyclic) bond motifs is 1. The molecular weight excluding hydrogens is 170 g/mol. The first-order valence-electron chi connectivity index (χ1n) is 6.69. The van der Waals surface area contributed by atoms with Gasteiger partial charge < -0.3 is 5.32 Å². The van der Waals surface area contributed by atoms with E-state index in [1.807, 2.05) is 0 Å². The van der Waals surface area contributed by atoms with Gasteiger partial charge in [0.25, 0.3) is 0 Å². The molecule has 1 heteroatoms. The van der Waals surface area contributed by atoms with Crippen LogP contribution in [0.4, 0.5) is 0 Å². The second kappa shape index (κ2) is 3.84. The van der Waals surface area contributed by atoms with Crippen LogP contribution in [0.3, 0.4) is 0 Å². The van der Waals surface area contributed by atoms with Crippen LogP contribution in [0.25, 0.3) is 0 Å². The summed E-state index contributed by atoms with van der Waals surface area (Å²) >= 11 is 0. The Balaban J connectivity index is 1.63. The van der Waals surface area contributed by atoms with Gasteiger partial charge in [-0.05, 0) is 37.5 Å². The first-order valence-corrected chi connectivity index (χ1v) is 6.69. The summed E-state index contributed by atoms with van der Waals surface area (Å²) in [6.45, 7) is 0. The molecule has 80 valence electrons. The molecule has 0 aromatic carbocycles.